The van der Waals surface area contributed by atoms with Gasteiger partial charge in [0.15, 0.2) is 0 Å². The van der Waals surface area contributed by atoms with Crippen LogP contribution < -0.4 is 10.1 Å². The number of nitrogens with one attached hydrogen (secondary N) is 1. The van der Waals surface area contributed by atoms with Crippen molar-refractivity contribution < 1.29 is 19.3 Å². The molecule has 7 nitrogen and oxygen atoms in total. The number of aliphatic hydroxyl groups is 2. The predicted octanol–water partition coefficient (Wildman–Crippen LogP) is 1.95. The Morgan fingerprint density at radius 3 is 2.87 bits per heavy atom. The van der Waals surface area contributed by atoms with Gasteiger partial charge in [0.25, 0.3) is 0 Å². The Bertz CT molecular complexity index is 1120. The lowest BCUT2D eigenvalue weighted by Crippen LogP contribution is -2.35. The molecular weight excluding hydrogens is 387 g/mol. The Morgan fingerprint density at radius 1 is 1.20 bits per heavy atom. The van der Waals surface area contributed by atoms with Gasteiger partial charge in [0.05, 0.1) is 11.7 Å². The molecule has 0 spiro atoms. The average Bonchev–Trinajstić information content (AvgIpc) is 3.29. The molecule has 0 amide bonds. The van der Waals surface area contributed by atoms with Crippen LogP contribution >= 0.6 is 0 Å². The van der Waals surface area contributed by atoms with Crippen molar-refractivity contribution in [1.29, 1.82) is 0 Å². The number of aromatic nitrogens is 3. The maximum atomic E-state index is 14.6. The van der Waals surface area contributed by atoms with Gasteiger partial charge in [-0.25, -0.2) is 14.4 Å². The molecule has 3 heterocycles. The second kappa shape index (κ2) is 7.30. The lowest BCUT2D eigenvalue weighted by molar-refractivity contribution is -0.0166. The fourth-order valence-electron chi connectivity index (χ4n) is 4.74. The van der Waals surface area contributed by atoms with E-state index in [1.165, 1.54) is 6.33 Å². The zero-order valence-corrected chi connectivity index (χ0v) is 17.0. The van der Waals surface area contributed by atoms with Gasteiger partial charge >= 0.3 is 0 Å². The van der Waals surface area contributed by atoms with E-state index in [0.717, 1.165) is 28.8 Å². The number of benzene rings is 1. The molecule has 1 aliphatic heterocycles. The summed E-state index contributed by atoms with van der Waals surface area (Å²) >= 11 is 0. The molecule has 1 saturated carbocycles. The van der Waals surface area contributed by atoms with Gasteiger partial charge in [0.1, 0.15) is 41.9 Å². The number of fused-ring (bicyclic) bond motifs is 2. The van der Waals surface area contributed by atoms with Crippen molar-refractivity contribution in [3.8, 4) is 5.75 Å². The smallest absolute Gasteiger partial charge is 0.143 e. The van der Waals surface area contributed by atoms with E-state index < -0.39 is 18.3 Å². The second-order valence-electron chi connectivity index (χ2n) is 8.25. The van der Waals surface area contributed by atoms with Crippen LogP contribution in [0.25, 0.3) is 11.0 Å². The normalized spacial score (nSPS) is 26.2. The fraction of sp³-hybridized carbons (Fsp3) is 0.455. The summed E-state index contributed by atoms with van der Waals surface area (Å²) in [5.74, 6) is 0.390. The molecule has 1 fully saturated rings. The predicted molar refractivity (Wildman–Crippen MR) is 109 cm³/mol. The quantitative estimate of drug-likeness (QED) is 0.609. The molecule has 4 atom stereocenters. The van der Waals surface area contributed by atoms with E-state index in [0.29, 0.717) is 36.3 Å². The van der Waals surface area contributed by atoms with E-state index in [9.17, 15) is 14.6 Å². The van der Waals surface area contributed by atoms with Gasteiger partial charge in [-0.1, -0.05) is 0 Å². The summed E-state index contributed by atoms with van der Waals surface area (Å²) in [6, 6.07) is 3.23. The zero-order valence-electron chi connectivity index (χ0n) is 17.0. The summed E-state index contributed by atoms with van der Waals surface area (Å²) in [6.07, 6.45) is 1.70. The third kappa shape index (κ3) is 2.98. The number of nitrogens with zero attached hydrogens (tertiary/aromatic N) is 3. The highest BCUT2D eigenvalue weighted by Gasteiger charge is 2.44. The largest absolute Gasteiger partial charge is 0.487 e. The Morgan fingerprint density at radius 2 is 2.03 bits per heavy atom. The first-order chi connectivity index (χ1) is 14.5. The highest BCUT2D eigenvalue weighted by atomic mass is 19.1. The number of halogens is 1. The molecule has 1 aromatic carbocycles. The van der Waals surface area contributed by atoms with Crippen molar-refractivity contribution >= 4 is 11.0 Å². The van der Waals surface area contributed by atoms with Gasteiger partial charge in [-0.05, 0) is 50.1 Å². The molecule has 0 bridgehead atoms. The maximum Gasteiger partial charge on any atom is 0.143 e. The highest BCUT2D eigenvalue weighted by molar-refractivity contribution is 5.78. The summed E-state index contributed by atoms with van der Waals surface area (Å²) < 4.78 is 22.6. The van der Waals surface area contributed by atoms with Gasteiger partial charge in [0, 0.05) is 30.1 Å². The SMILES string of the molecule is Cc1cc(OC2C[C@@H](n3ccc4c(C)ncnc43)[C@H](O)[C@@H]2O)c2c(c1F)CCNC2. The van der Waals surface area contributed by atoms with E-state index in [-0.39, 0.29) is 11.9 Å². The molecule has 2 aromatic heterocycles. The van der Waals surface area contributed by atoms with Crippen LogP contribution in [0.15, 0.2) is 24.7 Å². The maximum absolute atomic E-state index is 14.6. The molecule has 2 aliphatic rings. The van der Waals surface area contributed by atoms with Crippen LogP contribution in [0.3, 0.4) is 0 Å². The molecule has 3 N–H and O–H groups in total. The lowest BCUT2D eigenvalue weighted by Gasteiger charge is -2.25. The van der Waals surface area contributed by atoms with E-state index in [1.54, 1.807) is 13.0 Å². The van der Waals surface area contributed by atoms with Crippen LogP contribution in [0.4, 0.5) is 4.39 Å². The molecule has 1 aliphatic carbocycles. The Kier molecular flexibility index (Phi) is 4.72. The topological polar surface area (TPSA) is 92.4 Å². The first kappa shape index (κ1) is 19.4. The van der Waals surface area contributed by atoms with Gasteiger partial charge in [-0.15, -0.1) is 0 Å². The third-order valence-electron chi connectivity index (χ3n) is 6.42. The molecule has 1 unspecified atom stereocenters. The molecular formula is C22H25FN4O3. The molecule has 0 saturated heterocycles. The molecule has 158 valence electrons. The van der Waals surface area contributed by atoms with Crippen LogP contribution in [-0.4, -0.2) is 49.6 Å². The Balaban J connectivity index is 1.46. The average molecular weight is 412 g/mol. The minimum atomic E-state index is -1.06. The summed E-state index contributed by atoms with van der Waals surface area (Å²) in [7, 11) is 0. The lowest BCUT2D eigenvalue weighted by atomic mass is 9.96. The molecule has 5 rings (SSSR count). The third-order valence-corrected chi connectivity index (χ3v) is 6.42. The summed E-state index contributed by atoms with van der Waals surface area (Å²) in [5, 5.41) is 25.7. The summed E-state index contributed by atoms with van der Waals surface area (Å²) in [5.41, 5.74) is 3.58. The second-order valence-corrected chi connectivity index (χ2v) is 8.25. The monoisotopic (exact) mass is 412 g/mol. The van der Waals surface area contributed by atoms with E-state index in [4.69, 9.17) is 4.74 Å². The summed E-state index contributed by atoms with van der Waals surface area (Å²) in [4.78, 5) is 8.57. The molecule has 0 radical (unpaired) electrons. The first-order valence-corrected chi connectivity index (χ1v) is 10.3. The number of hydrogen-bond acceptors (Lipinski definition) is 6. The number of hydrogen-bond donors (Lipinski definition) is 3. The van der Waals surface area contributed by atoms with Gasteiger partial charge in [-0.3, -0.25) is 0 Å². The van der Waals surface area contributed by atoms with Gasteiger partial charge in [0.2, 0.25) is 0 Å². The van der Waals surface area contributed by atoms with Crippen LogP contribution in [0.5, 0.6) is 5.75 Å². The van der Waals surface area contributed by atoms with Gasteiger partial charge in [-0.2, -0.15) is 0 Å². The number of ether oxygens (including phenoxy) is 1. The van der Waals surface area contributed by atoms with Crippen molar-refractivity contribution in [3.63, 3.8) is 0 Å². The first-order valence-electron chi connectivity index (χ1n) is 10.3. The highest BCUT2D eigenvalue weighted by Crippen LogP contribution is 2.38. The van der Waals surface area contributed by atoms with Crippen molar-refractivity contribution in [2.24, 2.45) is 0 Å². The van der Waals surface area contributed by atoms with Crippen molar-refractivity contribution in [2.45, 2.75) is 57.6 Å². The van der Waals surface area contributed by atoms with E-state index in [1.807, 2.05) is 23.8 Å². The van der Waals surface area contributed by atoms with Crippen molar-refractivity contribution in [1.82, 2.24) is 19.9 Å². The standard InChI is InChI=1S/C22H25FN4O3/c1-11-7-17(15-9-24-5-3-14(15)19(11)23)30-18-8-16(20(28)21(18)29)27-6-4-13-12(2)25-10-26-22(13)27/h4,6-7,10,16,18,20-21,24,28-29H,3,5,8-9H2,1-2H3/t16-,18?,20+,21-/m1/s1. The minimum absolute atomic E-state index is 0.183. The van der Waals surface area contributed by atoms with Crippen molar-refractivity contribution in [2.75, 3.05) is 6.54 Å². The van der Waals surface area contributed by atoms with E-state index in [2.05, 4.69) is 15.3 Å². The number of aliphatic hydroxyl groups excluding tert-OH is 2. The van der Waals surface area contributed by atoms with Crippen LogP contribution in [-0.2, 0) is 13.0 Å². The Hall–Kier alpha value is -2.55. The van der Waals surface area contributed by atoms with Crippen LogP contribution in [0, 0.1) is 19.7 Å². The van der Waals surface area contributed by atoms with Crippen LogP contribution in [0.2, 0.25) is 0 Å². The van der Waals surface area contributed by atoms with Crippen molar-refractivity contribution in [3.05, 3.63) is 52.9 Å². The minimum Gasteiger partial charge on any atom is -0.487 e. The van der Waals surface area contributed by atoms with Crippen LogP contribution in [0.1, 0.15) is 34.8 Å². The van der Waals surface area contributed by atoms with Gasteiger partial charge < -0.3 is 24.8 Å². The molecule has 3 aromatic rings. The Labute approximate surface area is 173 Å². The summed E-state index contributed by atoms with van der Waals surface area (Å²) in [6.45, 7) is 4.88. The molecule has 30 heavy (non-hydrogen) atoms. The number of rotatable bonds is 3. The number of aryl methyl sites for hydroxylation is 2. The fourth-order valence-corrected chi connectivity index (χ4v) is 4.74. The molecule has 8 heteroatoms. The zero-order chi connectivity index (χ0) is 21.0. The van der Waals surface area contributed by atoms with E-state index >= 15 is 0 Å².